The summed E-state index contributed by atoms with van der Waals surface area (Å²) in [6, 6.07) is 8.50. The SMILES string of the molecule is COCCCNC(=O)c1nn(-c2ccc(C(F)(F)F)cc2)c(=O)n(Cc2ccc(F)cc2)c1=O. The average Bonchev–Trinajstić information content (AvgIpc) is 2.80. The van der Waals surface area contributed by atoms with E-state index in [1.807, 2.05) is 0 Å². The Morgan fingerprint density at radius 2 is 1.71 bits per heavy atom. The van der Waals surface area contributed by atoms with E-state index < -0.39 is 40.4 Å². The third kappa shape index (κ3) is 5.76. The van der Waals surface area contributed by atoms with Crippen LogP contribution in [-0.2, 0) is 17.5 Å². The van der Waals surface area contributed by atoms with Crippen molar-refractivity contribution in [1.29, 1.82) is 0 Å². The van der Waals surface area contributed by atoms with Crippen molar-refractivity contribution >= 4 is 5.91 Å². The Labute approximate surface area is 190 Å². The van der Waals surface area contributed by atoms with Crippen molar-refractivity contribution in [2.75, 3.05) is 20.3 Å². The van der Waals surface area contributed by atoms with Gasteiger partial charge >= 0.3 is 11.9 Å². The summed E-state index contributed by atoms with van der Waals surface area (Å²) in [6.45, 7) is 0.198. The molecule has 0 unspecified atom stereocenters. The fraction of sp³-hybridized carbons (Fsp3) is 0.273. The molecule has 0 radical (unpaired) electrons. The average molecular weight is 480 g/mol. The lowest BCUT2D eigenvalue weighted by atomic mass is 10.2. The maximum absolute atomic E-state index is 13.2. The predicted octanol–water partition coefficient (Wildman–Crippen LogP) is 2.37. The van der Waals surface area contributed by atoms with Gasteiger partial charge in [0.25, 0.3) is 11.5 Å². The van der Waals surface area contributed by atoms with Gasteiger partial charge in [0.05, 0.1) is 17.8 Å². The zero-order valence-electron chi connectivity index (χ0n) is 17.9. The van der Waals surface area contributed by atoms with Gasteiger partial charge in [-0.15, -0.1) is 0 Å². The zero-order chi connectivity index (χ0) is 24.9. The molecule has 1 aromatic heterocycles. The molecule has 34 heavy (non-hydrogen) atoms. The van der Waals surface area contributed by atoms with Gasteiger partial charge in [0.15, 0.2) is 0 Å². The molecule has 0 aliphatic heterocycles. The van der Waals surface area contributed by atoms with Crippen molar-refractivity contribution in [2.45, 2.75) is 19.1 Å². The van der Waals surface area contributed by atoms with Crippen LogP contribution in [0.1, 0.15) is 28.0 Å². The van der Waals surface area contributed by atoms with Gasteiger partial charge in [0.2, 0.25) is 5.69 Å². The normalized spacial score (nSPS) is 11.4. The largest absolute Gasteiger partial charge is 0.416 e. The summed E-state index contributed by atoms with van der Waals surface area (Å²) in [5.74, 6) is -1.39. The zero-order valence-corrected chi connectivity index (χ0v) is 17.9. The molecule has 0 aliphatic carbocycles. The van der Waals surface area contributed by atoms with Crippen LogP contribution in [0.5, 0.6) is 0 Å². The summed E-state index contributed by atoms with van der Waals surface area (Å²) in [6.07, 6.45) is -4.14. The summed E-state index contributed by atoms with van der Waals surface area (Å²) >= 11 is 0. The van der Waals surface area contributed by atoms with Crippen molar-refractivity contribution in [3.8, 4) is 5.69 Å². The Morgan fingerprint density at radius 1 is 1.06 bits per heavy atom. The van der Waals surface area contributed by atoms with E-state index in [4.69, 9.17) is 4.74 Å². The van der Waals surface area contributed by atoms with Crippen molar-refractivity contribution in [3.05, 3.63) is 92.0 Å². The highest BCUT2D eigenvalue weighted by Gasteiger charge is 2.30. The van der Waals surface area contributed by atoms with Gasteiger partial charge in [-0.2, -0.15) is 23.0 Å². The van der Waals surface area contributed by atoms with Crippen LogP contribution in [0.2, 0.25) is 0 Å². The quantitative estimate of drug-likeness (QED) is 0.395. The second kappa shape index (κ2) is 10.4. The van der Waals surface area contributed by atoms with Crippen LogP contribution in [0, 0.1) is 5.82 Å². The topological polar surface area (TPSA) is 95.2 Å². The molecule has 3 aromatic rings. The number of nitrogens with zero attached hydrogens (tertiary/aromatic N) is 3. The van der Waals surface area contributed by atoms with E-state index in [1.54, 1.807) is 0 Å². The molecule has 180 valence electrons. The van der Waals surface area contributed by atoms with Crippen LogP contribution in [0.25, 0.3) is 5.69 Å². The Kier molecular flexibility index (Phi) is 7.61. The highest BCUT2D eigenvalue weighted by atomic mass is 19.4. The molecule has 0 bridgehead atoms. The number of ether oxygens (including phenoxy) is 1. The highest BCUT2D eigenvalue weighted by Crippen LogP contribution is 2.29. The summed E-state index contributed by atoms with van der Waals surface area (Å²) < 4.78 is 58.3. The lowest BCUT2D eigenvalue weighted by Gasteiger charge is -2.13. The Hall–Kier alpha value is -3.80. The van der Waals surface area contributed by atoms with E-state index in [9.17, 15) is 31.9 Å². The smallest absolute Gasteiger partial charge is 0.385 e. The van der Waals surface area contributed by atoms with E-state index in [-0.39, 0.29) is 18.8 Å². The summed E-state index contributed by atoms with van der Waals surface area (Å²) in [5, 5.41) is 6.33. The fourth-order valence-electron chi connectivity index (χ4n) is 3.03. The van der Waals surface area contributed by atoms with Crippen LogP contribution in [0.15, 0.2) is 58.1 Å². The van der Waals surface area contributed by atoms with Crippen molar-refractivity contribution < 1.29 is 27.1 Å². The predicted molar refractivity (Wildman–Crippen MR) is 113 cm³/mol. The van der Waals surface area contributed by atoms with E-state index >= 15 is 0 Å². The lowest BCUT2D eigenvalue weighted by Crippen LogP contribution is -2.46. The first kappa shape index (κ1) is 24.8. The standard InChI is InChI=1S/C22H20F4N4O4/c1-34-12-2-11-27-19(31)18-20(32)29(13-14-3-7-16(23)8-4-14)21(33)30(28-18)17-9-5-15(6-10-17)22(24,25)26/h3-10H,2,11-13H2,1H3,(H,27,31). The van der Waals surface area contributed by atoms with Gasteiger partial charge in [-0.25, -0.2) is 9.18 Å². The number of hydrogen-bond acceptors (Lipinski definition) is 5. The van der Waals surface area contributed by atoms with Crippen LogP contribution >= 0.6 is 0 Å². The number of methoxy groups -OCH3 is 1. The molecule has 0 atom stereocenters. The Bertz CT molecular complexity index is 1270. The Morgan fingerprint density at radius 3 is 2.29 bits per heavy atom. The molecule has 8 nitrogen and oxygen atoms in total. The maximum Gasteiger partial charge on any atom is 0.416 e. The van der Waals surface area contributed by atoms with Crippen molar-refractivity contribution in [3.63, 3.8) is 0 Å². The molecule has 0 saturated heterocycles. The van der Waals surface area contributed by atoms with Gasteiger partial charge in [-0.1, -0.05) is 12.1 Å². The molecule has 0 saturated carbocycles. The number of aromatic nitrogens is 3. The minimum absolute atomic E-state index is 0.0840. The minimum atomic E-state index is -4.59. The number of carbonyl (C=O) groups excluding carboxylic acids is 1. The van der Waals surface area contributed by atoms with Gasteiger partial charge in [-0.05, 0) is 48.4 Å². The number of benzene rings is 2. The van der Waals surface area contributed by atoms with Gasteiger partial charge in [-0.3, -0.25) is 14.2 Å². The van der Waals surface area contributed by atoms with Crippen molar-refractivity contribution in [1.82, 2.24) is 19.7 Å². The summed E-state index contributed by atoms with van der Waals surface area (Å²) in [7, 11) is 1.48. The number of amides is 1. The Balaban J connectivity index is 2.08. The molecular weight excluding hydrogens is 460 g/mol. The fourth-order valence-corrected chi connectivity index (χ4v) is 3.03. The molecule has 3 rings (SSSR count). The molecule has 0 aliphatic rings. The van der Waals surface area contributed by atoms with Crippen LogP contribution in [-0.4, -0.2) is 40.5 Å². The molecular formula is C22H20F4N4O4. The number of alkyl halides is 3. The minimum Gasteiger partial charge on any atom is -0.385 e. The first-order chi connectivity index (χ1) is 16.1. The molecule has 1 amide bonds. The highest BCUT2D eigenvalue weighted by molar-refractivity contribution is 5.91. The van der Waals surface area contributed by atoms with Gasteiger partial charge < -0.3 is 10.1 Å². The van der Waals surface area contributed by atoms with Gasteiger partial charge in [0.1, 0.15) is 5.82 Å². The van der Waals surface area contributed by atoms with Crippen molar-refractivity contribution in [2.24, 2.45) is 0 Å². The molecule has 0 fully saturated rings. The second-order valence-electron chi connectivity index (χ2n) is 7.21. The third-order valence-corrected chi connectivity index (χ3v) is 4.78. The second-order valence-corrected chi connectivity index (χ2v) is 7.21. The van der Waals surface area contributed by atoms with E-state index in [1.165, 1.54) is 19.2 Å². The number of hydrogen-bond donors (Lipinski definition) is 1. The van der Waals surface area contributed by atoms with E-state index in [0.29, 0.717) is 27.8 Å². The lowest BCUT2D eigenvalue weighted by molar-refractivity contribution is -0.137. The van der Waals surface area contributed by atoms with Gasteiger partial charge in [0, 0.05) is 20.3 Å². The summed E-state index contributed by atoms with van der Waals surface area (Å²) in [4.78, 5) is 38.6. The van der Waals surface area contributed by atoms with E-state index in [0.717, 1.165) is 36.4 Å². The molecule has 1 heterocycles. The monoisotopic (exact) mass is 480 g/mol. The van der Waals surface area contributed by atoms with Crippen LogP contribution in [0.3, 0.4) is 0 Å². The third-order valence-electron chi connectivity index (χ3n) is 4.78. The maximum atomic E-state index is 13.2. The number of nitrogens with one attached hydrogen (secondary N) is 1. The number of carbonyl (C=O) groups is 1. The first-order valence-electron chi connectivity index (χ1n) is 10.0. The molecule has 2 aromatic carbocycles. The molecule has 12 heteroatoms. The first-order valence-corrected chi connectivity index (χ1v) is 10.0. The summed E-state index contributed by atoms with van der Waals surface area (Å²) in [5.41, 5.74) is -3.25. The van der Waals surface area contributed by atoms with E-state index in [2.05, 4.69) is 10.4 Å². The number of rotatable bonds is 8. The van der Waals surface area contributed by atoms with Crippen LogP contribution in [0.4, 0.5) is 17.6 Å². The molecule has 1 N–H and O–H groups in total. The van der Waals surface area contributed by atoms with Crippen LogP contribution < -0.4 is 16.6 Å². The molecule has 0 spiro atoms. The number of halogens is 4.